The molecule has 1 aliphatic rings. The highest BCUT2D eigenvalue weighted by atomic mass is 32.2. The molecule has 1 saturated heterocycles. The van der Waals surface area contributed by atoms with E-state index in [1.807, 2.05) is 25.1 Å². The van der Waals surface area contributed by atoms with E-state index in [0.29, 0.717) is 16.7 Å². The molecule has 0 bridgehead atoms. The predicted octanol–water partition coefficient (Wildman–Crippen LogP) is 3.21. The molecule has 2 atom stereocenters. The van der Waals surface area contributed by atoms with E-state index in [-0.39, 0.29) is 32.9 Å². The van der Waals surface area contributed by atoms with E-state index in [0.717, 1.165) is 11.8 Å². The summed E-state index contributed by atoms with van der Waals surface area (Å²) in [5.41, 5.74) is 2.39. The van der Waals surface area contributed by atoms with Gasteiger partial charge in [0.15, 0.2) is 0 Å². The third-order valence-electron chi connectivity index (χ3n) is 5.04. The van der Waals surface area contributed by atoms with Crippen molar-refractivity contribution < 1.29 is 36.4 Å². The molecule has 8 nitrogen and oxygen atoms in total. The Hall–Kier alpha value is -2.53. The average Bonchev–Trinajstić information content (AvgIpc) is 2.73. The van der Waals surface area contributed by atoms with Crippen LogP contribution in [-0.4, -0.2) is 69.8 Å². The van der Waals surface area contributed by atoms with Crippen LogP contribution in [-0.2, 0) is 23.8 Å². The molecule has 3 rings (SSSR count). The number of hydrogen-bond donors (Lipinski definition) is 1. The van der Waals surface area contributed by atoms with Crippen LogP contribution in [0.5, 0.6) is 0 Å². The number of halogens is 1. The molecule has 0 saturated carbocycles. The van der Waals surface area contributed by atoms with Gasteiger partial charge in [-0.15, -0.1) is 0 Å². The maximum absolute atomic E-state index is 15.0. The summed E-state index contributed by atoms with van der Waals surface area (Å²) in [4.78, 5) is 12.7. The number of rotatable bonds is 8. The lowest BCUT2D eigenvalue weighted by Crippen LogP contribution is -2.47. The molecule has 1 N–H and O–H groups in total. The number of ether oxygens (including phenoxy) is 2. The zero-order valence-corrected chi connectivity index (χ0v) is 18.7. The summed E-state index contributed by atoms with van der Waals surface area (Å²) in [6.45, 7) is 1.94. The standard InChI is InChI=1S/C22H26FNO7S/c1-15-5-3-6-16(13-15)20-17(7-4-8-18(20)23)21(30-11-12-31-32(2,27)28)19-14-24(22(25)26)9-10-29-19/h3-8,13,19,21H,9-12,14H2,1-2H3,(H,25,26)/t19?,21-/m0/s1. The fraction of sp³-hybridized carbons (Fsp3) is 0.409. The Morgan fingerprint density at radius 1 is 1.28 bits per heavy atom. The van der Waals surface area contributed by atoms with Gasteiger partial charge in [0.2, 0.25) is 0 Å². The minimum atomic E-state index is -3.65. The summed E-state index contributed by atoms with van der Waals surface area (Å²) in [5, 5.41) is 9.40. The van der Waals surface area contributed by atoms with E-state index in [9.17, 15) is 18.3 Å². The molecular weight excluding hydrogens is 441 g/mol. The Morgan fingerprint density at radius 3 is 2.72 bits per heavy atom. The molecule has 0 spiro atoms. The molecule has 2 aromatic rings. The van der Waals surface area contributed by atoms with Gasteiger partial charge in [-0.1, -0.05) is 42.0 Å². The van der Waals surface area contributed by atoms with Gasteiger partial charge in [-0.25, -0.2) is 9.18 Å². The van der Waals surface area contributed by atoms with Crippen LogP contribution in [0.1, 0.15) is 17.2 Å². The summed E-state index contributed by atoms with van der Waals surface area (Å²) in [6, 6.07) is 11.9. The lowest BCUT2D eigenvalue weighted by atomic mass is 9.92. The van der Waals surface area contributed by atoms with Gasteiger partial charge in [0.1, 0.15) is 18.0 Å². The van der Waals surface area contributed by atoms with Crippen LogP contribution in [0.2, 0.25) is 0 Å². The van der Waals surface area contributed by atoms with Crippen LogP contribution in [0.25, 0.3) is 11.1 Å². The van der Waals surface area contributed by atoms with Crippen molar-refractivity contribution in [3.63, 3.8) is 0 Å². The molecule has 1 unspecified atom stereocenters. The van der Waals surface area contributed by atoms with E-state index in [1.165, 1.54) is 11.0 Å². The lowest BCUT2D eigenvalue weighted by Gasteiger charge is -2.36. The fourth-order valence-electron chi connectivity index (χ4n) is 3.67. The first kappa shape index (κ1) is 24.1. The van der Waals surface area contributed by atoms with Gasteiger partial charge in [-0.2, -0.15) is 8.42 Å². The Labute approximate surface area is 186 Å². The first-order valence-corrected chi connectivity index (χ1v) is 11.9. The molecule has 10 heteroatoms. The van der Waals surface area contributed by atoms with Crippen molar-refractivity contribution in [3.05, 3.63) is 59.4 Å². The van der Waals surface area contributed by atoms with Crippen molar-refractivity contribution in [3.8, 4) is 11.1 Å². The van der Waals surface area contributed by atoms with Gasteiger partial charge < -0.3 is 19.5 Å². The zero-order chi connectivity index (χ0) is 23.3. The monoisotopic (exact) mass is 467 g/mol. The van der Waals surface area contributed by atoms with Crippen molar-refractivity contribution in [1.82, 2.24) is 4.90 Å². The van der Waals surface area contributed by atoms with Gasteiger partial charge >= 0.3 is 6.09 Å². The third kappa shape index (κ3) is 6.26. The molecule has 32 heavy (non-hydrogen) atoms. The molecule has 1 aliphatic heterocycles. The third-order valence-corrected chi connectivity index (χ3v) is 5.63. The van der Waals surface area contributed by atoms with Crippen molar-refractivity contribution in [2.75, 3.05) is 39.2 Å². The smallest absolute Gasteiger partial charge is 0.407 e. The first-order valence-electron chi connectivity index (χ1n) is 10.1. The molecule has 2 aromatic carbocycles. The van der Waals surface area contributed by atoms with E-state index in [4.69, 9.17) is 13.7 Å². The Balaban J connectivity index is 1.97. The predicted molar refractivity (Wildman–Crippen MR) is 115 cm³/mol. The Bertz CT molecular complexity index is 1060. The summed E-state index contributed by atoms with van der Waals surface area (Å²) < 4.78 is 54.1. The molecule has 0 aromatic heterocycles. The zero-order valence-electron chi connectivity index (χ0n) is 17.9. The van der Waals surface area contributed by atoms with Crippen molar-refractivity contribution in [1.29, 1.82) is 0 Å². The lowest BCUT2D eigenvalue weighted by molar-refractivity contribution is -0.111. The van der Waals surface area contributed by atoms with E-state index in [2.05, 4.69) is 0 Å². The summed E-state index contributed by atoms with van der Waals surface area (Å²) in [5.74, 6) is -0.458. The van der Waals surface area contributed by atoms with Crippen LogP contribution < -0.4 is 0 Å². The number of aryl methyl sites for hydroxylation is 1. The maximum Gasteiger partial charge on any atom is 0.407 e. The Kier molecular flexibility index (Phi) is 7.83. The van der Waals surface area contributed by atoms with Crippen LogP contribution >= 0.6 is 0 Å². The average molecular weight is 468 g/mol. The number of morpholine rings is 1. The molecule has 0 aliphatic carbocycles. The maximum atomic E-state index is 15.0. The summed E-state index contributed by atoms with van der Waals surface area (Å²) >= 11 is 0. The highest BCUT2D eigenvalue weighted by molar-refractivity contribution is 7.85. The Morgan fingerprint density at radius 2 is 2.03 bits per heavy atom. The molecule has 1 amide bonds. The number of amides is 1. The highest BCUT2D eigenvalue weighted by Gasteiger charge is 2.34. The minimum absolute atomic E-state index is 0.0245. The minimum Gasteiger partial charge on any atom is -0.465 e. The highest BCUT2D eigenvalue weighted by Crippen LogP contribution is 2.36. The van der Waals surface area contributed by atoms with Crippen molar-refractivity contribution in [2.45, 2.75) is 19.1 Å². The van der Waals surface area contributed by atoms with Crippen LogP contribution in [0.15, 0.2) is 42.5 Å². The van der Waals surface area contributed by atoms with E-state index in [1.54, 1.807) is 18.2 Å². The quantitative estimate of drug-likeness (QED) is 0.470. The SMILES string of the molecule is Cc1cccc(-c2c(F)cccc2[C@H](OCCOS(C)(=O)=O)C2CN(C(=O)O)CCO2)c1. The number of hydrogen-bond acceptors (Lipinski definition) is 6. The summed E-state index contributed by atoms with van der Waals surface area (Å²) in [7, 11) is -3.65. The van der Waals surface area contributed by atoms with E-state index < -0.39 is 34.2 Å². The second-order valence-corrected chi connectivity index (χ2v) is 9.17. The number of benzene rings is 2. The number of carbonyl (C=O) groups is 1. The van der Waals surface area contributed by atoms with E-state index >= 15 is 4.39 Å². The number of carboxylic acid groups (broad SMARTS) is 1. The number of nitrogens with zero attached hydrogens (tertiary/aromatic N) is 1. The van der Waals surface area contributed by atoms with Gasteiger partial charge in [0.05, 0.1) is 32.6 Å². The molecule has 1 fully saturated rings. The van der Waals surface area contributed by atoms with Gasteiger partial charge in [0.25, 0.3) is 10.1 Å². The van der Waals surface area contributed by atoms with Gasteiger partial charge in [0, 0.05) is 12.1 Å². The summed E-state index contributed by atoms with van der Waals surface area (Å²) in [6.07, 6.45) is -1.73. The van der Waals surface area contributed by atoms with Crippen molar-refractivity contribution >= 4 is 16.2 Å². The van der Waals surface area contributed by atoms with Crippen LogP contribution in [0, 0.1) is 12.7 Å². The van der Waals surface area contributed by atoms with Crippen LogP contribution in [0.4, 0.5) is 9.18 Å². The topological polar surface area (TPSA) is 102 Å². The molecule has 174 valence electrons. The first-order chi connectivity index (χ1) is 15.2. The molecular formula is C22H26FNO7S. The van der Waals surface area contributed by atoms with Crippen LogP contribution in [0.3, 0.4) is 0 Å². The largest absolute Gasteiger partial charge is 0.465 e. The molecule has 1 heterocycles. The fourth-order valence-corrected chi connectivity index (χ4v) is 4.04. The van der Waals surface area contributed by atoms with Crippen molar-refractivity contribution in [2.24, 2.45) is 0 Å². The normalized spacial score (nSPS) is 17.8. The second-order valence-electron chi connectivity index (χ2n) is 7.53. The van der Waals surface area contributed by atoms with Gasteiger partial charge in [-0.05, 0) is 24.1 Å². The molecule has 0 radical (unpaired) electrons. The second kappa shape index (κ2) is 10.4. The van der Waals surface area contributed by atoms with Gasteiger partial charge in [-0.3, -0.25) is 4.18 Å².